The van der Waals surface area contributed by atoms with Crippen LogP contribution < -0.4 is 4.74 Å². The third kappa shape index (κ3) is 7.28. The van der Waals surface area contributed by atoms with Gasteiger partial charge in [-0.15, -0.1) is 0 Å². The molecule has 0 radical (unpaired) electrons. The van der Waals surface area contributed by atoms with E-state index in [2.05, 4.69) is 32.9 Å². The summed E-state index contributed by atoms with van der Waals surface area (Å²) in [4.78, 5) is 0. The summed E-state index contributed by atoms with van der Waals surface area (Å²) in [5.74, 6) is 0.873. The lowest BCUT2D eigenvalue weighted by Crippen LogP contribution is -2.17. The fourth-order valence-corrected chi connectivity index (χ4v) is 2.53. The second kappa shape index (κ2) is 10.6. The largest absolute Gasteiger partial charge is 0.491 e. The summed E-state index contributed by atoms with van der Waals surface area (Å²) in [6.45, 7) is 8.33. The van der Waals surface area contributed by atoms with E-state index in [-0.39, 0.29) is 12.0 Å². The third-order valence-corrected chi connectivity index (χ3v) is 4.02. The van der Waals surface area contributed by atoms with Crippen molar-refractivity contribution in [1.29, 1.82) is 0 Å². The molecule has 1 aromatic carbocycles. The van der Waals surface area contributed by atoms with Crippen LogP contribution in [0.25, 0.3) is 0 Å². The van der Waals surface area contributed by atoms with Crippen LogP contribution in [0.15, 0.2) is 24.3 Å². The SMILES string of the molecule is CCCCCCC(C)(C)[13c]1[13cH][13cH][13c](OCCOCCO)[13cH][13cH]1. The summed E-state index contributed by atoms with van der Waals surface area (Å²) >= 11 is 0. The van der Waals surface area contributed by atoms with Gasteiger partial charge in [-0.3, -0.25) is 0 Å². The molecule has 0 heterocycles. The van der Waals surface area contributed by atoms with E-state index in [1.807, 2.05) is 12.1 Å². The van der Waals surface area contributed by atoms with E-state index in [0.29, 0.717) is 19.8 Å². The number of ether oxygens (including phenoxy) is 2. The first kappa shape index (κ1) is 19.0. The number of benzene rings is 1. The standard InChI is InChI=1S/C19H32O3/c1-4-5-6-7-12-19(2,3)17-8-10-18(11-9-17)22-16-15-21-14-13-20/h8-11,20H,4-7,12-16H2,1-3H3/i8+1,9+1,10+1,11+1,17+1,18+1. The monoisotopic (exact) mass is 314 g/mol. The highest BCUT2D eigenvalue weighted by Crippen LogP contribution is 2.30. The van der Waals surface area contributed by atoms with E-state index in [0.717, 1.165) is 5.75 Å². The van der Waals surface area contributed by atoms with Gasteiger partial charge in [-0.2, -0.15) is 0 Å². The van der Waals surface area contributed by atoms with Crippen molar-refractivity contribution in [3.8, 4) is 5.75 Å². The molecule has 3 nitrogen and oxygen atoms in total. The topological polar surface area (TPSA) is 38.7 Å². The molecule has 0 aromatic heterocycles. The van der Waals surface area contributed by atoms with Crippen LogP contribution in [-0.4, -0.2) is 31.5 Å². The Morgan fingerprint density at radius 3 is 2.32 bits per heavy atom. The lowest BCUT2D eigenvalue weighted by atomic mass is 9.93. The van der Waals surface area contributed by atoms with Gasteiger partial charge in [0, 0.05) is 0 Å². The minimum absolute atomic E-state index is 0.0576. The van der Waals surface area contributed by atoms with Crippen LogP contribution in [0.5, 0.6) is 5.75 Å². The maximum absolute atomic E-state index is 8.61. The molecule has 0 unspecified atom stereocenters. The Kier molecular flexibility index (Phi) is 9.17. The molecule has 0 amide bonds. The Labute approximate surface area is 135 Å². The number of unbranched alkanes of at least 4 members (excludes halogenated alkanes) is 3. The van der Waals surface area contributed by atoms with Crippen molar-refractivity contribution < 1.29 is 14.6 Å². The molecule has 22 heavy (non-hydrogen) atoms. The zero-order valence-electron chi connectivity index (χ0n) is 14.4. The summed E-state index contributed by atoms with van der Waals surface area (Å²) < 4.78 is 10.8. The fourth-order valence-electron chi connectivity index (χ4n) is 2.53. The van der Waals surface area contributed by atoms with Gasteiger partial charge < -0.3 is 14.6 Å². The molecular formula is C19H32O3. The van der Waals surface area contributed by atoms with Crippen LogP contribution in [0.3, 0.4) is 0 Å². The maximum Gasteiger partial charge on any atom is 0.119 e. The van der Waals surface area contributed by atoms with E-state index in [4.69, 9.17) is 14.6 Å². The predicted octanol–water partition coefficient (Wildman–Crippen LogP) is 4.32. The van der Waals surface area contributed by atoms with E-state index >= 15 is 0 Å². The number of aliphatic hydroxyl groups excluding tert-OH is 1. The molecule has 0 saturated carbocycles. The van der Waals surface area contributed by atoms with Crippen LogP contribution in [0.4, 0.5) is 0 Å². The van der Waals surface area contributed by atoms with Crippen molar-refractivity contribution in [1.82, 2.24) is 0 Å². The molecule has 1 aromatic rings. The summed E-state index contributed by atoms with van der Waals surface area (Å²) in [5.41, 5.74) is 1.59. The molecule has 3 heteroatoms. The second-order valence-corrected chi connectivity index (χ2v) is 6.40. The molecule has 1 N–H and O–H groups in total. The predicted molar refractivity (Wildman–Crippen MR) is 91.6 cm³/mol. The first-order valence-corrected chi connectivity index (χ1v) is 8.52. The van der Waals surface area contributed by atoms with Gasteiger partial charge in [0.15, 0.2) is 0 Å². The molecule has 0 atom stereocenters. The molecule has 0 bridgehead atoms. The van der Waals surface area contributed by atoms with Gasteiger partial charge in [0.2, 0.25) is 0 Å². The minimum Gasteiger partial charge on any atom is -0.491 e. The fraction of sp³-hybridized carbons (Fsp3) is 0.684. The lowest BCUT2D eigenvalue weighted by molar-refractivity contribution is 0.0705. The highest BCUT2D eigenvalue weighted by Gasteiger charge is 2.19. The number of rotatable bonds is 12. The Hall–Kier alpha value is -1.06. The molecule has 0 aliphatic carbocycles. The zero-order valence-corrected chi connectivity index (χ0v) is 14.4. The molecule has 1 rings (SSSR count). The van der Waals surface area contributed by atoms with Gasteiger partial charge in [0.05, 0.1) is 19.8 Å². The summed E-state index contributed by atoms with van der Waals surface area (Å²) in [5, 5.41) is 8.61. The Bertz CT molecular complexity index is 384. The van der Waals surface area contributed by atoms with E-state index in [1.54, 1.807) is 0 Å². The zero-order chi connectivity index (χ0) is 16.3. The lowest BCUT2D eigenvalue weighted by Gasteiger charge is -2.25. The van der Waals surface area contributed by atoms with Gasteiger partial charge in [0.25, 0.3) is 0 Å². The smallest absolute Gasteiger partial charge is 0.119 e. The van der Waals surface area contributed by atoms with Crippen LogP contribution in [0.1, 0.15) is 58.4 Å². The third-order valence-electron chi connectivity index (χ3n) is 4.02. The summed E-state index contributed by atoms with van der Waals surface area (Å²) in [6, 6.07) is 8.41. The second-order valence-electron chi connectivity index (χ2n) is 6.40. The Morgan fingerprint density at radius 2 is 1.68 bits per heavy atom. The van der Waals surface area contributed by atoms with Gasteiger partial charge >= 0.3 is 0 Å². The first-order valence-electron chi connectivity index (χ1n) is 8.52. The molecule has 0 saturated heterocycles. The molecule has 0 spiro atoms. The van der Waals surface area contributed by atoms with Crippen LogP contribution in [0.2, 0.25) is 0 Å². The highest BCUT2D eigenvalue weighted by molar-refractivity contribution is 5.31. The van der Waals surface area contributed by atoms with Crippen molar-refractivity contribution in [2.75, 3.05) is 26.4 Å². The van der Waals surface area contributed by atoms with Crippen molar-refractivity contribution in [2.24, 2.45) is 0 Å². The highest BCUT2D eigenvalue weighted by atomic mass is 16.6. The maximum atomic E-state index is 8.61. The van der Waals surface area contributed by atoms with E-state index in [9.17, 15) is 0 Å². The number of hydrogen-bond donors (Lipinski definition) is 1. The molecule has 0 aliphatic rings. The van der Waals surface area contributed by atoms with E-state index in [1.165, 1.54) is 37.7 Å². The van der Waals surface area contributed by atoms with Gasteiger partial charge in [-0.25, -0.2) is 0 Å². The van der Waals surface area contributed by atoms with Crippen molar-refractivity contribution in [2.45, 2.75) is 58.3 Å². The van der Waals surface area contributed by atoms with Gasteiger partial charge in [0.1, 0.15) is 12.4 Å². The van der Waals surface area contributed by atoms with Crippen molar-refractivity contribution >= 4 is 0 Å². The van der Waals surface area contributed by atoms with Crippen LogP contribution >= 0.6 is 0 Å². The number of aliphatic hydroxyl groups is 1. The van der Waals surface area contributed by atoms with Gasteiger partial charge in [-0.1, -0.05) is 58.6 Å². The number of hydrogen-bond acceptors (Lipinski definition) is 3. The van der Waals surface area contributed by atoms with Crippen molar-refractivity contribution in [3.05, 3.63) is 29.8 Å². The average molecular weight is 314 g/mol. The van der Waals surface area contributed by atoms with Crippen LogP contribution in [-0.2, 0) is 10.2 Å². The Balaban J connectivity index is 2.38. The quantitative estimate of drug-likeness (QED) is 0.584. The molecule has 0 aliphatic heterocycles. The molecule has 126 valence electrons. The van der Waals surface area contributed by atoms with Crippen molar-refractivity contribution in [3.63, 3.8) is 0 Å². The Morgan fingerprint density at radius 1 is 0.955 bits per heavy atom. The van der Waals surface area contributed by atoms with Gasteiger partial charge in [-0.05, 0) is 29.5 Å². The molecular weight excluding hydrogens is 282 g/mol. The summed E-state index contributed by atoms with van der Waals surface area (Å²) in [6.07, 6.45) is 6.47. The van der Waals surface area contributed by atoms with E-state index < -0.39 is 0 Å². The molecule has 0 fully saturated rings. The van der Waals surface area contributed by atoms with Crippen LogP contribution in [0, 0.1) is 0 Å². The minimum atomic E-state index is 0.0576. The first-order chi connectivity index (χ1) is 10.6. The summed E-state index contributed by atoms with van der Waals surface area (Å²) in [7, 11) is 0. The average Bonchev–Trinajstić information content (AvgIpc) is 2.52. The normalized spacial score (nSPS) is 11.6.